The zero-order valence-corrected chi connectivity index (χ0v) is 20.2. The van der Waals surface area contributed by atoms with E-state index in [2.05, 4.69) is 47.8 Å². The highest BCUT2D eigenvalue weighted by atomic mass is 80.0. The Morgan fingerprint density at radius 2 is 1.61 bits per heavy atom. The average molecular weight is 578 g/mol. The van der Waals surface area contributed by atoms with Crippen LogP contribution in [0.3, 0.4) is 0 Å². The van der Waals surface area contributed by atoms with Crippen molar-refractivity contribution in [2.24, 2.45) is 0 Å². The predicted octanol–water partition coefficient (Wildman–Crippen LogP) is 5.32. The number of nitrogens with zero attached hydrogens (tertiary/aromatic N) is 2. The molecule has 0 atom stereocenters. The van der Waals surface area contributed by atoms with Gasteiger partial charge in [0.1, 0.15) is 0 Å². The molecule has 0 radical (unpaired) electrons. The lowest BCUT2D eigenvalue weighted by Crippen LogP contribution is -2.51. The number of anilines is 1. The van der Waals surface area contributed by atoms with Crippen LogP contribution in [-0.2, 0) is 2.14 Å². The second-order valence-corrected chi connectivity index (χ2v) is 13.1. The van der Waals surface area contributed by atoms with Crippen molar-refractivity contribution in [3.63, 3.8) is 0 Å². The lowest BCUT2D eigenvalue weighted by molar-refractivity contribution is -0.00505. The second-order valence-electron chi connectivity index (χ2n) is 6.34. The van der Waals surface area contributed by atoms with Gasteiger partial charge in [-0.2, -0.15) is 0 Å². The van der Waals surface area contributed by atoms with Gasteiger partial charge >= 0.3 is 0 Å². The van der Waals surface area contributed by atoms with Crippen molar-refractivity contribution in [3.8, 4) is 0 Å². The van der Waals surface area contributed by atoms with Gasteiger partial charge in [0.25, 0.3) is 11.8 Å². The molecule has 0 aromatic heterocycles. The van der Waals surface area contributed by atoms with Gasteiger partial charge in [0.15, 0.2) is 2.14 Å². The van der Waals surface area contributed by atoms with Crippen molar-refractivity contribution in [2.75, 3.05) is 12.5 Å². The minimum Gasteiger partial charge on any atom is -0.291 e. The molecule has 9 heteroatoms. The number of hydrazine groups is 1. The molecule has 0 aliphatic heterocycles. The number of benzene rings is 2. The molecule has 0 heterocycles. The fourth-order valence-electron chi connectivity index (χ4n) is 2.66. The van der Waals surface area contributed by atoms with E-state index in [1.807, 2.05) is 31.5 Å². The van der Waals surface area contributed by atoms with E-state index in [4.69, 9.17) is 5.21 Å². The van der Waals surface area contributed by atoms with Gasteiger partial charge in [0.05, 0.1) is 5.69 Å². The van der Waals surface area contributed by atoms with E-state index in [-0.39, 0.29) is 17.9 Å². The summed E-state index contributed by atoms with van der Waals surface area (Å²) in [6.45, 7) is 3.67. The zero-order valence-electron chi connectivity index (χ0n) is 15.5. The van der Waals surface area contributed by atoms with E-state index in [1.54, 1.807) is 37.4 Å². The highest BCUT2D eigenvalue weighted by Gasteiger charge is 2.28. The van der Waals surface area contributed by atoms with Crippen molar-refractivity contribution >= 4 is 65.3 Å². The Morgan fingerprint density at radius 3 is 2.11 bits per heavy atom. The molecular weight excluding hydrogens is 558 g/mol. The maximum atomic E-state index is 13.1. The summed E-state index contributed by atoms with van der Waals surface area (Å²) in [5.74, 6) is -0.658. The standard InChI is InChI=1S/C19H20Br3N3O3/c1-12(2)25(18(27)13-7-9-15(10-8-13)19(20,21)22)24(3)17(26)14-5-4-6-16(11-14)23-28/h4-12,23,28H,1-3H3. The van der Waals surface area contributed by atoms with E-state index < -0.39 is 2.14 Å². The zero-order chi connectivity index (χ0) is 21.1. The normalized spacial score (nSPS) is 11.3. The number of halogens is 3. The van der Waals surface area contributed by atoms with Crippen molar-refractivity contribution in [1.82, 2.24) is 10.0 Å². The van der Waals surface area contributed by atoms with Gasteiger partial charge in [-0.1, -0.05) is 66.0 Å². The van der Waals surface area contributed by atoms with Crippen LogP contribution in [0.5, 0.6) is 0 Å². The van der Waals surface area contributed by atoms with Crippen LogP contribution in [0.15, 0.2) is 48.5 Å². The lowest BCUT2D eigenvalue weighted by atomic mass is 10.1. The Bertz CT molecular complexity index is 851. The molecule has 0 aliphatic rings. The van der Waals surface area contributed by atoms with Crippen molar-refractivity contribution in [2.45, 2.75) is 22.0 Å². The Balaban J connectivity index is 2.30. The summed E-state index contributed by atoms with van der Waals surface area (Å²) in [6, 6.07) is 13.2. The summed E-state index contributed by atoms with van der Waals surface area (Å²) in [4.78, 5) is 26.0. The minimum atomic E-state index is -0.565. The number of carbonyl (C=O) groups excluding carboxylic acids is 2. The van der Waals surface area contributed by atoms with Gasteiger partial charge in [-0.25, -0.2) is 5.01 Å². The minimum absolute atomic E-state index is 0.247. The van der Waals surface area contributed by atoms with Gasteiger partial charge in [-0.3, -0.25) is 25.3 Å². The summed E-state index contributed by atoms with van der Waals surface area (Å²) < 4.78 is -0.565. The fraction of sp³-hybridized carbons (Fsp3) is 0.263. The number of nitrogens with one attached hydrogen (secondary N) is 1. The summed E-state index contributed by atoms with van der Waals surface area (Å²) in [5, 5.41) is 11.7. The Kier molecular flexibility index (Phi) is 7.66. The monoisotopic (exact) mass is 575 g/mol. The van der Waals surface area contributed by atoms with Crippen LogP contribution in [0.4, 0.5) is 5.69 Å². The molecule has 2 N–H and O–H groups in total. The van der Waals surface area contributed by atoms with E-state index in [0.29, 0.717) is 16.8 Å². The third-order valence-electron chi connectivity index (χ3n) is 4.01. The molecule has 150 valence electrons. The maximum absolute atomic E-state index is 13.1. The Labute approximate surface area is 189 Å². The topological polar surface area (TPSA) is 72.9 Å². The molecule has 6 nitrogen and oxygen atoms in total. The lowest BCUT2D eigenvalue weighted by Gasteiger charge is -2.35. The molecule has 0 fully saturated rings. The molecule has 0 spiro atoms. The first kappa shape index (κ1) is 22.9. The highest BCUT2D eigenvalue weighted by molar-refractivity contribution is 9.38. The molecular formula is C19H20Br3N3O3. The summed E-state index contributed by atoms with van der Waals surface area (Å²) in [6.07, 6.45) is 0. The molecule has 0 aliphatic carbocycles. The first-order valence-electron chi connectivity index (χ1n) is 8.35. The third-order valence-corrected chi connectivity index (χ3v) is 5.39. The SMILES string of the molecule is CC(C)N(C(=O)c1ccc(C(Br)(Br)Br)cc1)N(C)C(=O)c1cccc(NO)c1. The molecule has 0 saturated heterocycles. The molecule has 28 heavy (non-hydrogen) atoms. The Hall–Kier alpha value is -1.42. The van der Waals surface area contributed by atoms with E-state index in [0.717, 1.165) is 5.56 Å². The van der Waals surface area contributed by atoms with Crippen LogP contribution >= 0.6 is 47.8 Å². The van der Waals surface area contributed by atoms with E-state index >= 15 is 0 Å². The van der Waals surface area contributed by atoms with Crippen LogP contribution in [0, 0.1) is 0 Å². The first-order valence-corrected chi connectivity index (χ1v) is 10.7. The van der Waals surface area contributed by atoms with Crippen molar-refractivity contribution in [1.29, 1.82) is 0 Å². The quantitative estimate of drug-likeness (QED) is 0.381. The smallest absolute Gasteiger partial charge is 0.272 e. The fourth-order valence-corrected chi connectivity index (χ4v) is 3.45. The number of alkyl halides is 3. The molecule has 2 amide bonds. The van der Waals surface area contributed by atoms with Gasteiger partial charge in [0.2, 0.25) is 0 Å². The molecule has 2 rings (SSSR count). The first-order chi connectivity index (χ1) is 13.1. The largest absolute Gasteiger partial charge is 0.291 e. The van der Waals surface area contributed by atoms with Crippen LogP contribution in [0.2, 0.25) is 0 Å². The van der Waals surface area contributed by atoms with Crippen LogP contribution in [0.1, 0.15) is 40.1 Å². The number of hydrogen-bond donors (Lipinski definition) is 2. The maximum Gasteiger partial charge on any atom is 0.272 e. The van der Waals surface area contributed by atoms with Gasteiger partial charge < -0.3 is 0 Å². The molecule has 2 aromatic rings. The summed E-state index contributed by atoms with van der Waals surface area (Å²) in [7, 11) is 1.55. The van der Waals surface area contributed by atoms with Crippen molar-refractivity contribution in [3.05, 3.63) is 65.2 Å². The third kappa shape index (κ3) is 5.34. The number of amides is 2. The average Bonchev–Trinajstić information content (AvgIpc) is 2.66. The highest BCUT2D eigenvalue weighted by Crippen LogP contribution is 2.44. The van der Waals surface area contributed by atoms with Crippen LogP contribution in [0.25, 0.3) is 0 Å². The molecule has 2 aromatic carbocycles. The molecule has 0 saturated carbocycles. The number of hydrogen-bond acceptors (Lipinski definition) is 4. The predicted molar refractivity (Wildman–Crippen MR) is 120 cm³/mol. The summed E-state index contributed by atoms with van der Waals surface area (Å²) in [5.41, 5.74) is 4.10. The summed E-state index contributed by atoms with van der Waals surface area (Å²) >= 11 is 10.3. The van der Waals surface area contributed by atoms with Gasteiger partial charge in [0, 0.05) is 24.2 Å². The second kappa shape index (κ2) is 9.39. The van der Waals surface area contributed by atoms with E-state index in [1.165, 1.54) is 16.1 Å². The van der Waals surface area contributed by atoms with E-state index in [9.17, 15) is 9.59 Å². The molecule has 0 unspecified atom stereocenters. The number of rotatable bonds is 4. The van der Waals surface area contributed by atoms with Crippen LogP contribution < -0.4 is 5.48 Å². The van der Waals surface area contributed by atoms with Crippen molar-refractivity contribution < 1.29 is 14.8 Å². The molecule has 0 bridgehead atoms. The van der Waals surface area contributed by atoms with Crippen LogP contribution in [-0.4, -0.2) is 40.1 Å². The van der Waals surface area contributed by atoms with Gasteiger partial charge in [-0.15, -0.1) is 0 Å². The number of carbonyl (C=O) groups is 2. The Morgan fingerprint density at radius 1 is 1.00 bits per heavy atom. The van der Waals surface area contributed by atoms with Gasteiger partial charge in [-0.05, 0) is 49.7 Å².